The maximum atomic E-state index is 12.4. The van der Waals surface area contributed by atoms with Crippen molar-refractivity contribution in [1.82, 2.24) is 10.2 Å². The van der Waals surface area contributed by atoms with Crippen molar-refractivity contribution in [1.29, 1.82) is 0 Å². The van der Waals surface area contributed by atoms with Crippen molar-refractivity contribution < 1.29 is 18.0 Å². The number of nitrogens with one attached hydrogen (secondary N) is 1. The van der Waals surface area contributed by atoms with Crippen LogP contribution in [0.3, 0.4) is 0 Å². The lowest BCUT2D eigenvalue weighted by Crippen LogP contribution is -2.45. The fraction of sp³-hybridized carbons (Fsp3) is 0.917. The molecule has 0 saturated carbocycles. The maximum Gasteiger partial charge on any atom is 0.391 e. The van der Waals surface area contributed by atoms with Gasteiger partial charge in [0.25, 0.3) is 0 Å². The number of carbonyl (C=O) groups is 1. The molecule has 1 fully saturated rings. The van der Waals surface area contributed by atoms with Crippen molar-refractivity contribution in [2.24, 2.45) is 0 Å². The highest BCUT2D eigenvalue weighted by molar-refractivity contribution is 5.88. The van der Waals surface area contributed by atoms with Gasteiger partial charge in [0.05, 0.1) is 18.1 Å². The van der Waals surface area contributed by atoms with Crippen LogP contribution in [0.25, 0.3) is 0 Å². The first-order chi connectivity index (χ1) is 8.14. The number of rotatable bonds is 4. The summed E-state index contributed by atoms with van der Waals surface area (Å²) < 4.78 is 37.3. The van der Waals surface area contributed by atoms with Gasteiger partial charge in [0, 0.05) is 6.04 Å². The second kappa shape index (κ2) is 5.07. The van der Waals surface area contributed by atoms with Crippen LogP contribution < -0.4 is 5.32 Å². The molecule has 0 aromatic carbocycles. The van der Waals surface area contributed by atoms with Crippen LogP contribution in [0.4, 0.5) is 13.2 Å². The van der Waals surface area contributed by atoms with E-state index in [1.54, 1.807) is 6.92 Å². The number of hydrogen-bond acceptors (Lipinski definition) is 2. The number of carbonyl (C=O) groups excluding carboxylic acids is 1. The summed E-state index contributed by atoms with van der Waals surface area (Å²) in [6, 6.07) is -0.830. The van der Waals surface area contributed by atoms with E-state index in [0.29, 0.717) is 12.8 Å². The zero-order valence-electron chi connectivity index (χ0n) is 11.3. The van der Waals surface area contributed by atoms with Crippen molar-refractivity contribution in [3.05, 3.63) is 0 Å². The lowest BCUT2D eigenvalue weighted by molar-refractivity contribution is -0.154. The Balaban J connectivity index is 2.89. The SMILES string of the molecule is CCC1NC(C)(CC)C(=O)N1C(C)CC(F)(F)F. The van der Waals surface area contributed by atoms with Gasteiger partial charge in [-0.3, -0.25) is 10.1 Å². The summed E-state index contributed by atoms with van der Waals surface area (Å²) in [5.41, 5.74) is -0.736. The maximum absolute atomic E-state index is 12.4. The first-order valence-corrected chi connectivity index (χ1v) is 6.31. The molecule has 3 atom stereocenters. The van der Waals surface area contributed by atoms with E-state index >= 15 is 0 Å². The predicted molar refractivity (Wildman–Crippen MR) is 62.9 cm³/mol. The molecule has 106 valence electrons. The second-order valence-electron chi connectivity index (χ2n) is 5.13. The van der Waals surface area contributed by atoms with Crippen molar-refractivity contribution in [2.75, 3.05) is 0 Å². The highest BCUT2D eigenvalue weighted by Gasteiger charge is 2.49. The quantitative estimate of drug-likeness (QED) is 0.848. The van der Waals surface area contributed by atoms with Crippen LogP contribution in [0.5, 0.6) is 0 Å². The molecule has 18 heavy (non-hydrogen) atoms. The molecule has 6 heteroatoms. The van der Waals surface area contributed by atoms with E-state index in [0.717, 1.165) is 0 Å². The zero-order chi connectivity index (χ0) is 14.1. The van der Waals surface area contributed by atoms with Crippen LogP contribution >= 0.6 is 0 Å². The molecule has 1 aliphatic heterocycles. The van der Waals surface area contributed by atoms with Gasteiger partial charge in [0.1, 0.15) is 0 Å². The zero-order valence-corrected chi connectivity index (χ0v) is 11.3. The highest BCUT2D eigenvalue weighted by atomic mass is 19.4. The van der Waals surface area contributed by atoms with Crippen LogP contribution in [0.1, 0.15) is 47.0 Å². The summed E-state index contributed by atoms with van der Waals surface area (Å²) in [4.78, 5) is 13.6. The largest absolute Gasteiger partial charge is 0.391 e. The molecule has 3 nitrogen and oxygen atoms in total. The molecule has 0 bridgehead atoms. The third-order valence-corrected chi connectivity index (χ3v) is 3.62. The van der Waals surface area contributed by atoms with E-state index in [4.69, 9.17) is 0 Å². The number of halogens is 3. The van der Waals surface area contributed by atoms with Gasteiger partial charge in [0.2, 0.25) is 5.91 Å². The van der Waals surface area contributed by atoms with Crippen molar-refractivity contribution in [3.8, 4) is 0 Å². The normalized spacial score (nSPS) is 30.9. The van der Waals surface area contributed by atoms with Crippen LogP contribution in [-0.2, 0) is 4.79 Å². The van der Waals surface area contributed by atoms with Gasteiger partial charge >= 0.3 is 6.18 Å². The molecule has 1 rings (SSSR count). The Morgan fingerprint density at radius 3 is 2.39 bits per heavy atom. The molecule has 0 radical (unpaired) electrons. The molecule has 0 aliphatic carbocycles. The molecule has 0 aromatic heterocycles. The van der Waals surface area contributed by atoms with Gasteiger partial charge in [-0.1, -0.05) is 13.8 Å². The summed E-state index contributed by atoms with van der Waals surface area (Å²) in [6.45, 7) is 6.92. The molecule has 3 unspecified atom stereocenters. The third kappa shape index (κ3) is 2.96. The number of hydrogen-bond donors (Lipinski definition) is 1. The molecule has 0 spiro atoms. The fourth-order valence-electron chi connectivity index (χ4n) is 2.42. The summed E-state index contributed by atoms with van der Waals surface area (Å²) in [6.07, 6.45) is -4.35. The van der Waals surface area contributed by atoms with E-state index in [-0.39, 0.29) is 12.1 Å². The Bertz CT molecular complexity index is 319. The predicted octanol–water partition coefficient (Wildman–Crippen LogP) is 2.66. The van der Waals surface area contributed by atoms with Crippen LogP contribution in [0.15, 0.2) is 0 Å². The second-order valence-corrected chi connectivity index (χ2v) is 5.13. The van der Waals surface area contributed by atoms with E-state index < -0.39 is 24.2 Å². The van der Waals surface area contributed by atoms with E-state index in [1.165, 1.54) is 11.8 Å². The van der Waals surface area contributed by atoms with Gasteiger partial charge in [-0.2, -0.15) is 13.2 Å². The summed E-state index contributed by atoms with van der Waals surface area (Å²) >= 11 is 0. The molecule has 1 N–H and O–H groups in total. The molecule has 0 aromatic rings. The number of nitrogens with zero attached hydrogens (tertiary/aromatic N) is 1. The van der Waals surface area contributed by atoms with Gasteiger partial charge in [-0.15, -0.1) is 0 Å². The van der Waals surface area contributed by atoms with E-state index in [2.05, 4.69) is 5.32 Å². The lowest BCUT2D eigenvalue weighted by atomic mass is 9.99. The standard InChI is InChI=1S/C12H21F3N2O/c1-5-9-16-11(4,6-2)10(18)17(9)8(3)7-12(13,14)15/h8-9,16H,5-7H2,1-4H3. The van der Waals surface area contributed by atoms with Crippen LogP contribution in [-0.4, -0.2) is 34.7 Å². The molecular formula is C12H21F3N2O. The van der Waals surface area contributed by atoms with E-state index in [1.807, 2.05) is 13.8 Å². The first-order valence-electron chi connectivity index (χ1n) is 6.31. The van der Waals surface area contributed by atoms with Crippen LogP contribution in [0.2, 0.25) is 0 Å². The minimum atomic E-state index is -4.25. The van der Waals surface area contributed by atoms with Gasteiger partial charge in [-0.25, -0.2) is 0 Å². The third-order valence-electron chi connectivity index (χ3n) is 3.62. The van der Waals surface area contributed by atoms with Crippen molar-refractivity contribution in [2.45, 2.75) is 70.9 Å². The first kappa shape index (κ1) is 15.3. The average molecular weight is 266 g/mol. The minimum Gasteiger partial charge on any atom is -0.323 e. The smallest absolute Gasteiger partial charge is 0.323 e. The molecule has 1 saturated heterocycles. The van der Waals surface area contributed by atoms with Gasteiger partial charge in [0.15, 0.2) is 0 Å². The Kier molecular flexibility index (Phi) is 4.30. The Hall–Kier alpha value is -0.780. The molecule has 1 amide bonds. The molecular weight excluding hydrogens is 245 g/mol. The highest BCUT2D eigenvalue weighted by Crippen LogP contribution is 2.31. The Morgan fingerprint density at radius 2 is 2.00 bits per heavy atom. The summed E-state index contributed by atoms with van der Waals surface area (Å²) in [7, 11) is 0. The summed E-state index contributed by atoms with van der Waals surface area (Å²) in [5, 5.41) is 3.14. The Morgan fingerprint density at radius 1 is 1.44 bits per heavy atom. The fourth-order valence-corrected chi connectivity index (χ4v) is 2.42. The average Bonchev–Trinajstić information content (AvgIpc) is 2.50. The lowest BCUT2D eigenvalue weighted by Gasteiger charge is -2.30. The number of alkyl halides is 3. The molecule has 1 heterocycles. The minimum absolute atomic E-state index is 0.228. The summed E-state index contributed by atoms with van der Waals surface area (Å²) in [5.74, 6) is -0.228. The monoisotopic (exact) mass is 266 g/mol. The van der Waals surface area contributed by atoms with Crippen molar-refractivity contribution >= 4 is 5.91 Å². The molecule has 1 aliphatic rings. The van der Waals surface area contributed by atoms with E-state index in [9.17, 15) is 18.0 Å². The van der Waals surface area contributed by atoms with Crippen LogP contribution in [0, 0.1) is 0 Å². The van der Waals surface area contributed by atoms with Crippen molar-refractivity contribution in [3.63, 3.8) is 0 Å². The Labute approximate surface area is 106 Å². The number of amides is 1. The topological polar surface area (TPSA) is 32.3 Å². The van der Waals surface area contributed by atoms with Gasteiger partial charge in [-0.05, 0) is 26.7 Å². The van der Waals surface area contributed by atoms with Gasteiger partial charge < -0.3 is 4.90 Å².